The predicted molar refractivity (Wildman–Crippen MR) is 73.0 cm³/mol. The van der Waals surface area contributed by atoms with Crippen molar-refractivity contribution in [3.8, 4) is 10.7 Å². The Morgan fingerprint density at radius 1 is 1.33 bits per heavy atom. The summed E-state index contributed by atoms with van der Waals surface area (Å²) in [4.78, 5) is 14.2. The standard InChI is InChI=1S/C13H17N3OS/c1-13(2,3)17-15-8-10-9-18-12(16-10)11-6-4-5-7-14-11/h4-7,9,15H,8H2,1-3H3. The van der Waals surface area contributed by atoms with Gasteiger partial charge in [-0.3, -0.25) is 9.82 Å². The minimum absolute atomic E-state index is 0.195. The monoisotopic (exact) mass is 263 g/mol. The van der Waals surface area contributed by atoms with Crippen molar-refractivity contribution in [2.24, 2.45) is 0 Å². The molecule has 0 aliphatic heterocycles. The first-order valence-corrected chi connectivity index (χ1v) is 6.69. The number of hydroxylamine groups is 1. The van der Waals surface area contributed by atoms with Gasteiger partial charge in [-0.25, -0.2) is 4.98 Å². The van der Waals surface area contributed by atoms with Crippen molar-refractivity contribution in [2.45, 2.75) is 32.9 Å². The van der Waals surface area contributed by atoms with Crippen molar-refractivity contribution in [3.63, 3.8) is 0 Å². The van der Waals surface area contributed by atoms with Gasteiger partial charge in [-0.15, -0.1) is 11.3 Å². The maximum atomic E-state index is 5.45. The van der Waals surface area contributed by atoms with Gasteiger partial charge >= 0.3 is 0 Å². The van der Waals surface area contributed by atoms with Gasteiger partial charge in [0.1, 0.15) is 5.01 Å². The van der Waals surface area contributed by atoms with E-state index in [2.05, 4.69) is 15.4 Å². The molecule has 4 nitrogen and oxygen atoms in total. The van der Waals surface area contributed by atoms with Gasteiger partial charge in [-0.1, -0.05) is 6.07 Å². The van der Waals surface area contributed by atoms with Crippen LogP contribution < -0.4 is 5.48 Å². The summed E-state index contributed by atoms with van der Waals surface area (Å²) in [5.41, 5.74) is 4.61. The van der Waals surface area contributed by atoms with Gasteiger partial charge in [0.05, 0.1) is 23.5 Å². The van der Waals surface area contributed by atoms with Crippen molar-refractivity contribution in [1.82, 2.24) is 15.4 Å². The topological polar surface area (TPSA) is 47.0 Å². The molecule has 5 heteroatoms. The predicted octanol–water partition coefficient (Wildman–Crippen LogP) is 3.02. The number of aromatic nitrogens is 2. The minimum Gasteiger partial charge on any atom is -0.296 e. The third kappa shape index (κ3) is 3.87. The molecule has 18 heavy (non-hydrogen) atoms. The highest BCUT2D eigenvalue weighted by atomic mass is 32.1. The van der Waals surface area contributed by atoms with E-state index in [0.717, 1.165) is 16.4 Å². The molecule has 2 heterocycles. The third-order valence-electron chi connectivity index (χ3n) is 2.07. The second kappa shape index (κ2) is 5.56. The lowest BCUT2D eigenvalue weighted by Gasteiger charge is -2.18. The molecule has 0 spiro atoms. The molecule has 0 bridgehead atoms. The van der Waals surface area contributed by atoms with Crippen molar-refractivity contribution in [3.05, 3.63) is 35.5 Å². The van der Waals surface area contributed by atoms with Crippen molar-refractivity contribution >= 4 is 11.3 Å². The summed E-state index contributed by atoms with van der Waals surface area (Å²) in [5, 5.41) is 2.95. The number of thiazole rings is 1. The van der Waals surface area contributed by atoms with Crippen LogP contribution in [-0.2, 0) is 11.4 Å². The zero-order valence-corrected chi connectivity index (χ0v) is 11.6. The smallest absolute Gasteiger partial charge is 0.142 e. The van der Waals surface area contributed by atoms with Crippen LogP contribution in [0.5, 0.6) is 0 Å². The molecule has 0 fully saturated rings. The van der Waals surface area contributed by atoms with Crippen molar-refractivity contribution in [2.75, 3.05) is 0 Å². The summed E-state index contributed by atoms with van der Waals surface area (Å²) in [6.07, 6.45) is 1.78. The Labute approximate surface area is 111 Å². The van der Waals surface area contributed by atoms with Crippen LogP contribution in [0.1, 0.15) is 26.5 Å². The van der Waals surface area contributed by atoms with Crippen molar-refractivity contribution < 1.29 is 4.84 Å². The summed E-state index contributed by atoms with van der Waals surface area (Å²) in [6.45, 7) is 6.60. The van der Waals surface area contributed by atoms with Gasteiger partial charge in [0.15, 0.2) is 0 Å². The van der Waals surface area contributed by atoms with E-state index in [4.69, 9.17) is 4.84 Å². The molecule has 0 amide bonds. The molecule has 0 aliphatic rings. The highest BCUT2D eigenvalue weighted by Gasteiger charge is 2.11. The lowest BCUT2D eigenvalue weighted by Crippen LogP contribution is -2.28. The van der Waals surface area contributed by atoms with Crippen LogP contribution in [0.4, 0.5) is 0 Å². The second-order valence-corrected chi connectivity index (χ2v) is 5.75. The Bertz CT molecular complexity index is 490. The average molecular weight is 263 g/mol. The summed E-state index contributed by atoms with van der Waals surface area (Å²) in [7, 11) is 0. The van der Waals surface area contributed by atoms with E-state index in [1.165, 1.54) is 0 Å². The molecule has 0 aliphatic carbocycles. The van der Waals surface area contributed by atoms with Gasteiger partial charge < -0.3 is 0 Å². The highest BCUT2D eigenvalue weighted by molar-refractivity contribution is 7.13. The first kappa shape index (κ1) is 13.1. The Balaban J connectivity index is 1.95. The van der Waals surface area contributed by atoms with Gasteiger partial charge in [-0.05, 0) is 32.9 Å². The fourth-order valence-electron chi connectivity index (χ4n) is 1.32. The Morgan fingerprint density at radius 3 is 2.83 bits per heavy atom. The van der Waals surface area contributed by atoms with Crippen LogP contribution in [0.3, 0.4) is 0 Å². The van der Waals surface area contributed by atoms with Gasteiger partial charge in [-0.2, -0.15) is 5.48 Å². The fraction of sp³-hybridized carbons (Fsp3) is 0.385. The summed E-state index contributed by atoms with van der Waals surface area (Å²) >= 11 is 1.59. The zero-order valence-electron chi connectivity index (χ0n) is 10.8. The molecule has 96 valence electrons. The van der Waals surface area contributed by atoms with Crippen LogP contribution in [-0.4, -0.2) is 15.6 Å². The molecule has 0 atom stereocenters. The molecule has 0 saturated heterocycles. The second-order valence-electron chi connectivity index (χ2n) is 4.89. The largest absolute Gasteiger partial charge is 0.296 e. The van der Waals surface area contributed by atoms with E-state index >= 15 is 0 Å². The normalized spacial score (nSPS) is 11.7. The summed E-state index contributed by atoms with van der Waals surface area (Å²) in [6, 6.07) is 5.82. The molecular weight excluding hydrogens is 246 g/mol. The van der Waals surface area contributed by atoms with Crippen molar-refractivity contribution in [1.29, 1.82) is 0 Å². The average Bonchev–Trinajstić information content (AvgIpc) is 2.77. The molecule has 0 unspecified atom stereocenters. The lowest BCUT2D eigenvalue weighted by atomic mass is 10.2. The van der Waals surface area contributed by atoms with E-state index in [9.17, 15) is 0 Å². The van der Waals surface area contributed by atoms with E-state index < -0.39 is 0 Å². The molecule has 0 saturated carbocycles. The van der Waals surface area contributed by atoms with Crippen LogP contribution in [0.25, 0.3) is 10.7 Å². The molecule has 2 rings (SSSR count). The number of nitrogens with one attached hydrogen (secondary N) is 1. The maximum Gasteiger partial charge on any atom is 0.142 e. The van der Waals surface area contributed by atoms with E-state index in [-0.39, 0.29) is 5.60 Å². The molecule has 2 aromatic heterocycles. The minimum atomic E-state index is -0.195. The molecule has 1 N–H and O–H groups in total. The number of hydrogen-bond donors (Lipinski definition) is 1. The van der Waals surface area contributed by atoms with Crippen LogP contribution in [0.2, 0.25) is 0 Å². The highest BCUT2D eigenvalue weighted by Crippen LogP contribution is 2.21. The van der Waals surface area contributed by atoms with Gasteiger partial charge in [0.25, 0.3) is 0 Å². The lowest BCUT2D eigenvalue weighted by molar-refractivity contribution is -0.0760. The zero-order chi connectivity index (χ0) is 13.0. The molecule has 2 aromatic rings. The number of pyridine rings is 1. The molecule has 0 aromatic carbocycles. The Morgan fingerprint density at radius 2 is 2.17 bits per heavy atom. The fourth-order valence-corrected chi connectivity index (χ4v) is 2.12. The SMILES string of the molecule is CC(C)(C)ONCc1csc(-c2ccccn2)n1. The summed E-state index contributed by atoms with van der Waals surface area (Å²) in [5.74, 6) is 0. The first-order valence-electron chi connectivity index (χ1n) is 5.81. The van der Waals surface area contributed by atoms with Gasteiger partial charge in [0, 0.05) is 11.6 Å². The quantitative estimate of drug-likeness (QED) is 0.861. The Hall–Kier alpha value is -1.30. The van der Waals surface area contributed by atoms with E-state index in [1.54, 1.807) is 17.5 Å². The maximum absolute atomic E-state index is 5.45. The van der Waals surface area contributed by atoms with E-state index in [0.29, 0.717) is 6.54 Å². The number of nitrogens with zero attached hydrogens (tertiary/aromatic N) is 2. The molecule has 0 radical (unpaired) electrons. The summed E-state index contributed by atoms with van der Waals surface area (Å²) < 4.78 is 0. The van der Waals surface area contributed by atoms with Gasteiger partial charge in [0.2, 0.25) is 0 Å². The Kier molecular flexibility index (Phi) is 4.06. The molecular formula is C13H17N3OS. The number of hydrogen-bond acceptors (Lipinski definition) is 5. The third-order valence-corrected chi connectivity index (χ3v) is 2.98. The first-order chi connectivity index (χ1) is 8.54. The van der Waals surface area contributed by atoms with Crippen LogP contribution in [0, 0.1) is 0 Å². The van der Waals surface area contributed by atoms with Crippen LogP contribution in [0.15, 0.2) is 29.8 Å². The van der Waals surface area contributed by atoms with Crippen LogP contribution >= 0.6 is 11.3 Å². The van der Waals surface area contributed by atoms with E-state index in [1.807, 2.05) is 44.4 Å². The number of rotatable bonds is 4.